The van der Waals surface area contributed by atoms with Crippen molar-refractivity contribution in [3.05, 3.63) is 24.3 Å². The van der Waals surface area contributed by atoms with Gasteiger partial charge in [-0.15, -0.1) is 0 Å². The third-order valence-electron chi connectivity index (χ3n) is 4.58. The first-order chi connectivity index (χ1) is 10.2. The number of hydrogen-bond donors (Lipinski definition) is 2. The van der Waals surface area contributed by atoms with Crippen LogP contribution in [0.15, 0.2) is 18.6 Å². The van der Waals surface area contributed by atoms with Gasteiger partial charge in [-0.1, -0.05) is 0 Å². The maximum atomic E-state index is 10.4. The minimum absolute atomic E-state index is 0.240. The highest BCUT2D eigenvalue weighted by Gasteiger charge is 2.61. The molecule has 7 heteroatoms. The molecular formula is C14H17N3O4. The quantitative estimate of drug-likeness (QED) is 0.818. The summed E-state index contributed by atoms with van der Waals surface area (Å²) in [5.41, 5.74) is 0.839. The van der Waals surface area contributed by atoms with Crippen LogP contribution in [-0.4, -0.2) is 55.8 Å². The topological polar surface area (TPSA) is 89.6 Å². The zero-order valence-corrected chi connectivity index (χ0v) is 11.6. The van der Waals surface area contributed by atoms with Crippen molar-refractivity contribution in [3.63, 3.8) is 0 Å². The Hall–Kier alpha value is -1.54. The molecule has 2 aromatic rings. The fourth-order valence-corrected chi connectivity index (χ4v) is 3.31. The van der Waals surface area contributed by atoms with Gasteiger partial charge in [0.25, 0.3) is 0 Å². The van der Waals surface area contributed by atoms with Gasteiger partial charge in [0.05, 0.1) is 18.9 Å². The normalized spacial score (nSPS) is 35.5. The Kier molecular flexibility index (Phi) is 2.80. The van der Waals surface area contributed by atoms with Gasteiger partial charge in [-0.05, 0) is 13.0 Å². The van der Waals surface area contributed by atoms with Gasteiger partial charge in [-0.25, -0.2) is 9.97 Å². The lowest BCUT2D eigenvalue weighted by Gasteiger charge is -2.44. The van der Waals surface area contributed by atoms with Crippen LogP contribution < -0.4 is 0 Å². The van der Waals surface area contributed by atoms with Crippen molar-refractivity contribution < 1.29 is 19.7 Å². The number of ether oxygens (including phenoxy) is 2. The highest BCUT2D eigenvalue weighted by molar-refractivity contribution is 5.78. The summed E-state index contributed by atoms with van der Waals surface area (Å²) in [7, 11) is 0. The first-order valence-corrected chi connectivity index (χ1v) is 7.04. The van der Waals surface area contributed by atoms with Crippen molar-refractivity contribution in [3.8, 4) is 0 Å². The molecule has 0 radical (unpaired) electrons. The molecule has 2 aromatic heterocycles. The summed E-state index contributed by atoms with van der Waals surface area (Å²) >= 11 is 0. The number of aryl methyl sites for hydroxylation is 1. The number of rotatable bonds is 2. The first kappa shape index (κ1) is 13.1. The Labute approximate surface area is 121 Å². The molecule has 0 bridgehead atoms. The number of aliphatic hydroxyl groups excluding tert-OH is 2. The second-order valence-corrected chi connectivity index (χ2v) is 5.63. The van der Waals surface area contributed by atoms with E-state index in [-0.39, 0.29) is 6.61 Å². The van der Waals surface area contributed by atoms with Gasteiger partial charge in [-0.2, -0.15) is 0 Å². The predicted octanol–water partition coefficient (Wildman–Crippen LogP) is 0.149. The van der Waals surface area contributed by atoms with Gasteiger partial charge in [0.15, 0.2) is 6.23 Å². The molecule has 0 aliphatic carbocycles. The summed E-state index contributed by atoms with van der Waals surface area (Å²) in [5.74, 6) is 0. The molecule has 4 atom stereocenters. The van der Waals surface area contributed by atoms with Crippen molar-refractivity contribution >= 4 is 11.0 Å². The van der Waals surface area contributed by atoms with Crippen molar-refractivity contribution in [2.45, 2.75) is 37.4 Å². The lowest BCUT2D eigenvalue weighted by atomic mass is 9.86. The number of nitrogens with zero attached hydrogens (tertiary/aromatic N) is 3. The highest BCUT2D eigenvalue weighted by atomic mass is 16.6. The van der Waals surface area contributed by atoms with E-state index in [0.717, 1.165) is 16.7 Å². The van der Waals surface area contributed by atoms with E-state index in [9.17, 15) is 10.2 Å². The molecule has 0 unspecified atom stereocenters. The Bertz CT molecular complexity index is 682. The van der Waals surface area contributed by atoms with E-state index >= 15 is 0 Å². The standard InChI is InChI=1S/C14H17N3O4/c1-8-9-2-4-17(12(9)16-7-15-8)13-14(3-5-20-14)11(19)10(6-18)21-13/h2,4,7,10-11,13,18-19H,3,5-6H2,1H3/t10-,11-,13-,14-/m1/s1. The van der Waals surface area contributed by atoms with Gasteiger partial charge in [0.1, 0.15) is 29.8 Å². The maximum absolute atomic E-state index is 10.4. The van der Waals surface area contributed by atoms with Crippen LogP contribution in [0, 0.1) is 6.92 Å². The Morgan fingerprint density at radius 3 is 2.95 bits per heavy atom. The van der Waals surface area contributed by atoms with Gasteiger partial charge in [0.2, 0.25) is 0 Å². The van der Waals surface area contributed by atoms with Crippen molar-refractivity contribution in [2.75, 3.05) is 13.2 Å². The predicted molar refractivity (Wildman–Crippen MR) is 72.6 cm³/mol. The highest BCUT2D eigenvalue weighted by Crippen LogP contribution is 2.49. The summed E-state index contributed by atoms with van der Waals surface area (Å²) in [6.07, 6.45) is 2.09. The smallest absolute Gasteiger partial charge is 0.167 e. The fourth-order valence-electron chi connectivity index (χ4n) is 3.31. The molecule has 2 saturated heterocycles. The SMILES string of the molecule is Cc1ncnc2c1ccn2[C@@H]1O[C@H](CO)[C@@H](O)[C@]12CCO2. The molecule has 1 spiro atoms. The Morgan fingerprint density at radius 1 is 1.48 bits per heavy atom. The molecule has 2 aliphatic rings. The molecule has 4 rings (SSSR count). The molecule has 7 nitrogen and oxygen atoms in total. The summed E-state index contributed by atoms with van der Waals surface area (Å²) in [6, 6.07) is 1.93. The van der Waals surface area contributed by atoms with Crippen LogP contribution in [0.4, 0.5) is 0 Å². The molecule has 2 aliphatic heterocycles. The van der Waals surface area contributed by atoms with Crippen LogP contribution in [0.3, 0.4) is 0 Å². The molecule has 2 fully saturated rings. The first-order valence-electron chi connectivity index (χ1n) is 7.04. The van der Waals surface area contributed by atoms with Gasteiger partial charge >= 0.3 is 0 Å². The average molecular weight is 291 g/mol. The van der Waals surface area contributed by atoms with Crippen molar-refractivity contribution in [1.29, 1.82) is 0 Å². The van der Waals surface area contributed by atoms with E-state index in [2.05, 4.69) is 9.97 Å². The Balaban J connectivity index is 1.82. The third-order valence-corrected chi connectivity index (χ3v) is 4.58. The number of hydrogen-bond acceptors (Lipinski definition) is 6. The van der Waals surface area contributed by atoms with Crippen molar-refractivity contribution in [2.24, 2.45) is 0 Å². The summed E-state index contributed by atoms with van der Waals surface area (Å²) in [6.45, 7) is 2.27. The second-order valence-electron chi connectivity index (χ2n) is 5.63. The third kappa shape index (κ3) is 1.63. The molecule has 0 saturated carbocycles. The minimum Gasteiger partial charge on any atom is -0.394 e. The molecule has 21 heavy (non-hydrogen) atoms. The zero-order valence-electron chi connectivity index (χ0n) is 11.6. The van der Waals surface area contributed by atoms with Crippen LogP contribution >= 0.6 is 0 Å². The van der Waals surface area contributed by atoms with Gasteiger partial charge in [-0.3, -0.25) is 0 Å². The molecule has 0 aromatic carbocycles. The number of aromatic nitrogens is 3. The second kappa shape index (κ2) is 4.48. The van der Waals surface area contributed by atoms with Crippen molar-refractivity contribution in [1.82, 2.24) is 14.5 Å². The maximum Gasteiger partial charge on any atom is 0.167 e. The van der Waals surface area contributed by atoms with Crippen LogP contribution in [0.2, 0.25) is 0 Å². The van der Waals surface area contributed by atoms with E-state index in [0.29, 0.717) is 13.0 Å². The zero-order chi connectivity index (χ0) is 14.6. The summed E-state index contributed by atoms with van der Waals surface area (Å²) < 4.78 is 13.4. The largest absolute Gasteiger partial charge is 0.394 e. The van der Waals surface area contributed by atoms with Crippen LogP contribution in [0.5, 0.6) is 0 Å². The minimum atomic E-state index is -0.846. The molecule has 2 N–H and O–H groups in total. The summed E-state index contributed by atoms with van der Waals surface area (Å²) in [4.78, 5) is 8.50. The molecule has 112 valence electrons. The molecule has 0 amide bonds. The molecular weight excluding hydrogens is 274 g/mol. The van der Waals surface area contributed by atoms with E-state index in [1.54, 1.807) is 0 Å². The monoisotopic (exact) mass is 291 g/mol. The van der Waals surface area contributed by atoms with Crippen LogP contribution in [0.1, 0.15) is 18.3 Å². The van der Waals surface area contributed by atoms with Gasteiger partial charge in [0, 0.05) is 18.0 Å². The fraction of sp³-hybridized carbons (Fsp3) is 0.571. The lowest BCUT2D eigenvalue weighted by Crippen LogP contribution is -2.56. The number of aliphatic hydroxyl groups is 2. The van der Waals surface area contributed by atoms with E-state index in [1.807, 2.05) is 23.8 Å². The average Bonchev–Trinajstić information content (AvgIpc) is 2.97. The summed E-state index contributed by atoms with van der Waals surface area (Å²) in [5, 5.41) is 20.7. The molecule has 4 heterocycles. The Morgan fingerprint density at radius 2 is 2.29 bits per heavy atom. The number of fused-ring (bicyclic) bond motifs is 1. The van der Waals surface area contributed by atoms with Crippen LogP contribution in [-0.2, 0) is 9.47 Å². The van der Waals surface area contributed by atoms with Gasteiger partial charge < -0.3 is 24.3 Å². The van der Waals surface area contributed by atoms with E-state index < -0.39 is 24.0 Å². The lowest BCUT2D eigenvalue weighted by molar-refractivity contribution is -0.225. The van der Waals surface area contributed by atoms with E-state index in [4.69, 9.17) is 9.47 Å². The van der Waals surface area contributed by atoms with Crippen LogP contribution in [0.25, 0.3) is 11.0 Å². The van der Waals surface area contributed by atoms with E-state index in [1.165, 1.54) is 6.33 Å².